The first-order valence-electron chi connectivity index (χ1n) is 6.92. The highest BCUT2D eigenvalue weighted by Crippen LogP contribution is 2.59. The van der Waals surface area contributed by atoms with Gasteiger partial charge < -0.3 is 9.59 Å². The van der Waals surface area contributed by atoms with Crippen molar-refractivity contribution in [1.29, 1.82) is 0 Å². The Morgan fingerprint density at radius 1 is 0.789 bits per heavy atom. The first-order chi connectivity index (χ1) is 8.76. The smallest absolute Gasteiger partial charge is 0.354 e. The fraction of sp³-hybridized carbons (Fsp3) is 0.500. The van der Waals surface area contributed by atoms with E-state index in [4.69, 9.17) is 0 Å². The molecule has 2 N–H and O–H groups in total. The Labute approximate surface area is 117 Å². The van der Waals surface area contributed by atoms with E-state index in [1.807, 2.05) is 50.3 Å². The highest BCUT2D eigenvalue weighted by Gasteiger charge is 2.63. The van der Waals surface area contributed by atoms with Gasteiger partial charge in [0.2, 0.25) is 0 Å². The number of hydrogen-bond donors (Lipinski definition) is 2. The summed E-state index contributed by atoms with van der Waals surface area (Å²) in [6, 6.07) is 0. The lowest BCUT2D eigenvalue weighted by Gasteiger charge is -2.51. The second-order valence-electron chi connectivity index (χ2n) is 6.30. The summed E-state index contributed by atoms with van der Waals surface area (Å²) < 4.78 is 0. The van der Waals surface area contributed by atoms with Crippen LogP contribution in [-0.2, 0) is 0 Å². The van der Waals surface area contributed by atoms with Crippen LogP contribution in [0.1, 0.15) is 27.7 Å². The molecule has 0 saturated carbocycles. The molecule has 0 radical (unpaired) electrons. The molecular formula is C16H24O2Si. The monoisotopic (exact) mass is 276 g/mol. The van der Waals surface area contributed by atoms with Crippen molar-refractivity contribution in [3.05, 3.63) is 48.6 Å². The molecule has 0 spiro atoms. The van der Waals surface area contributed by atoms with Gasteiger partial charge in [0.25, 0.3) is 0 Å². The van der Waals surface area contributed by atoms with Crippen LogP contribution in [0, 0.1) is 11.8 Å². The van der Waals surface area contributed by atoms with Crippen LogP contribution in [0.4, 0.5) is 0 Å². The molecular weight excluding hydrogens is 252 g/mol. The van der Waals surface area contributed by atoms with E-state index < -0.39 is 18.6 Å². The molecule has 3 heteroatoms. The van der Waals surface area contributed by atoms with E-state index in [2.05, 4.69) is 26.0 Å². The van der Waals surface area contributed by atoms with Crippen molar-refractivity contribution in [1.82, 2.24) is 0 Å². The topological polar surface area (TPSA) is 40.5 Å². The predicted octanol–water partition coefficient (Wildman–Crippen LogP) is 3.46. The lowest BCUT2D eigenvalue weighted by molar-refractivity contribution is 0.246. The van der Waals surface area contributed by atoms with Crippen LogP contribution in [0.15, 0.2) is 48.6 Å². The molecule has 2 nitrogen and oxygen atoms in total. The third-order valence-corrected chi connectivity index (χ3v) is 9.55. The van der Waals surface area contributed by atoms with Crippen molar-refractivity contribution in [2.75, 3.05) is 0 Å². The summed E-state index contributed by atoms with van der Waals surface area (Å²) in [5.41, 5.74) is 0. The Balaban J connectivity index is 2.47. The maximum absolute atomic E-state index is 11.1. The van der Waals surface area contributed by atoms with Crippen LogP contribution >= 0.6 is 0 Å². The van der Waals surface area contributed by atoms with E-state index in [0.717, 1.165) is 0 Å². The molecule has 0 aliphatic heterocycles. The van der Waals surface area contributed by atoms with Crippen LogP contribution < -0.4 is 0 Å². The quantitative estimate of drug-likeness (QED) is 0.758. The van der Waals surface area contributed by atoms with Gasteiger partial charge in [-0.25, -0.2) is 0 Å². The summed E-state index contributed by atoms with van der Waals surface area (Å²) >= 11 is 0. The van der Waals surface area contributed by atoms with Crippen molar-refractivity contribution >= 4 is 8.56 Å². The van der Waals surface area contributed by atoms with Gasteiger partial charge in [0.15, 0.2) is 0 Å². The van der Waals surface area contributed by atoms with Gasteiger partial charge in [-0.15, -0.1) is 0 Å². The van der Waals surface area contributed by atoms with Crippen molar-refractivity contribution in [3.8, 4) is 0 Å². The van der Waals surface area contributed by atoms with Gasteiger partial charge in [-0.3, -0.25) is 0 Å². The Kier molecular flexibility index (Phi) is 3.50. The SMILES string of the molecule is CC1C=CC=CC1(C)[Si](O)(O)C1(C)C=CC=CC1C. The molecule has 0 aromatic rings. The lowest BCUT2D eigenvalue weighted by Crippen LogP contribution is -2.59. The molecule has 19 heavy (non-hydrogen) atoms. The summed E-state index contributed by atoms with van der Waals surface area (Å²) in [5, 5.41) is -1.14. The van der Waals surface area contributed by atoms with Gasteiger partial charge in [-0.05, 0) is 11.8 Å². The summed E-state index contributed by atoms with van der Waals surface area (Å²) in [7, 11) is -3.55. The molecule has 2 aliphatic carbocycles. The fourth-order valence-electron chi connectivity index (χ4n) is 3.12. The highest BCUT2D eigenvalue weighted by atomic mass is 28.4. The highest BCUT2D eigenvalue weighted by molar-refractivity contribution is 6.72. The molecule has 2 rings (SSSR count). The molecule has 0 saturated heterocycles. The van der Waals surface area contributed by atoms with E-state index in [0.29, 0.717) is 0 Å². The fourth-order valence-corrected chi connectivity index (χ4v) is 6.40. The molecule has 104 valence electrons. The average Bonchev–Trinajstić information content (AvgIpc) is 2.36. The van der Waals surface area contributed by atoms with Gasteiger partial charge in [0.05, 0.1) is 0 Å². The number of allylic oxidation sites excluding steroid dienone is 8. The summed E-state index contributed by atoms with van der Waals surface area (Å²) in [4.78, 5) is 22.3. The Morgan fingerprint density at radius 2 is 1.16 bits per heavy atom. The lowest BCUT2D eigenvalue weighted by atomic mass is 9.89. The first-order valence-corrected chi connectivity index (χ1v) is 8.82. The Bertz CT molecular complexity index is 433. The molecule has 4 atom stereocenters. The third kappa shape index (κ3) is 1.92. The first kappa shape index (κ1) is 14.5. The predicted molar refractivity (Wildman–Crippen MR) is 81.8 cm³/mol. The van der Waals surface area contributed by atoms with Gasteiger partial charge in [0, 0.05) is 10.1 Å². The van der Waals surface area contributed by atoms with Gasteiger partial charge in [0.1, 0.15) is 0 Å². The van der Waals surface area contributed by atoms with Crippen LogP contribution in [0.25, 0.3) is 0 Å². The molecule has 4 unspecified atom stereocenters. The van der Waals surface area contributed by atoms with Crippen molar-refractivity contribution in [3.63, 3.8) is 0 Å². The van der Waals surface area contributed by atoms with E-state index in [1.54, 1.807) is 0 Å². The summed E-state index contributed by atoms with van der Waals surface area (Å²) in [6.45, 7) is 8.08. The number of hydrogen-bond acceptors (Lipinski definition) is 2. The average molecular weight is 276 g/mol. The molecule has 0 aromatic carbocycles. The third-order valence-electron chi connectivity index (χ3n) is 5.30. The molecule has 0 fully saturated rings. The second-order valence-corrected chi connectivity index (χ2v) is 9.80. The molecule has 2 aliphatic rings. The van der Waals surface area contributed by atoms with Crippen molar-refractivity contribution in [2.45, 2.75) is 37.8 Å². The molecule has 0 bridgehead atoms. The van der Waals surface area contributed by atoms with Gasteiger partial charge >= 0.3 is 8.56 Å². The molecule has 0 amide bonds. The van der Waals surface area contributed by atoms with Crippen LogP contribution in [0.5, 0.6) is 0 Å². The minimum atomic E-state index is -3.55. The van der Waals surface area contributed by atoms with Crippen LogP contribution in [0.2, 0.25) is 10.1 Å². The zero-order valence-electron chi connectivity index (χ0n) is 12.2. The zero-order chi connectivity index (χ0) is 14.3. The van der Waals surface area contributed by atoms with E-state index in [9.17, 15) is 9.59 Å². The maximum Gasteiger partial charge on any atom is 0.354 e. The Morgan fingerprint density at radius 3 is 1.47 bits per heavy atom. The van der Waals surface area contributed by atoms with E-state index in [1.165, 1.54) is 0 Å². The van der Waals surface area contributed by atoms with Crippen LogP contribution in [0.3, 0.4) is 0 Å². The van der Waals surface area contributed by atoms with E-state index >= 15 is 0 Å². The standard InChI is InChI=1S/C16H24O2Si/c1-13-9-5-7-11-15(13,3)19(17,18)16(4)12-8-6-10-14(16)2/h5-14,17-18H,1-4H3. The van der Waals surface area contributed by atoms with Crippen LogP contribution in [-0.4, -0.2) is 18.2 Å². The normalized spacial score (nSPS) is 41.8. The second kappa shape index (κ2) is 4.58. The van der Waals surface area contributed by atoms with E-state index in [-0.39, 0.29) is 11.8 Å². The van der Waals surface area contributed by atoms with Gasteiger partial charge in [-0.1, -0.05) is 76.3 Å². The van der Waals surface area contributed by atoms with Gasteiger partial charge in [-0.2, -0.15) is 0 Å². The van der Waals surface area contributed by atoms with Crippen molar-refractivity contribution in [2.24, 2.45) is 11.8 Å². The largest absolute Gasteiger partial charge is 0.410 e. The summed E-state index contributed by atoms with van der Waals surface area (Å²) in [5.74, 6) is 0.255. The maximum atomic E-state index is 11.1. The molecule has 0 aromatic heterocycles. The molecule has 0 heterocycles. The minimum Gasteiger partial charge on any atom is -0.410 e. The zero-order valence-corrected chi connectivity index (χ0v) is 13.2. The number of rotatable bonds is 2. The van der Waals surface area contributed by atoms with Crippen molar-refractivity contribution < 1.29 is 9.59 Å². The summed E-state index contributed by atoms with van der Waals surface area (Å²) in [6.07, 6.45) is 15.9. The minimum absolute atomic E-state index is 0.127. The Hall–Kier alpha value is -0.903.